The van der Waals surface area contributed by atoms with Crippen LogP contribution in [-0.2, 0) is 0 Å². The standard InChI is InChI=1S/C27H45Br/c1-18(2)8-6-9-19(3)22-14-15-23-21-13-12-20-10-7-11-25(28)27(20,5)24(21)16-17-26(22,23)4/h12,18-19,21-25H,6-11,13-17H2,1-5H3/t19-,21+,22-,23+,24+,25?,26-,27+/m1/s1. The number of fused-ring (bicyclic) bond motifs is 5. The zero-order valence-corrected chi connectivity index (χ0v) is 20.9. The van der Waals surface area contributed by atoms with Crippen LogP contribution >= 0.6 is 15.9 Å². The first-order chi connectivity index (χ1) is 13.3. The Morgan fingerprint density at radius 2 is 1.82 bits per heavy atom. The number of allylic oxidation sites excluding steroid dienone is 2. The Hall–Kier alpha value is 0.220. The minimum atomic E-state index is 0.448. The van der Waals surface area contributed by atoms with Gasteiger partial charge in [0.05, 0.1) is 0 Å². The van der Waals surface area contributed by atoms with Crippen LogP contribution < -0.4 is 0 Å². The monoisotopic (exact) mass is 448 g/mol. The van der Waals surface area contributed by atoms with E-state index in [1.807, 2.05) is 5.57 Å². The molecule has 0 spiro atoms. The predicted octanol–water partition coefficient (Wildman–Crippen LogP) is 8.79. The van der Waals surface area contributed by atoms with Crippen molar-refractivity contribution in [2.75, 3.05) is 0 Å². The summed E-state index contributed by atoms with van der Waals surface area (Å²) in [4.78, 5) is 0.712. The molecule has 0 amide bonds. The lowest BCUT2D eigenvalue weighted by Gasteiger charge is -2.59. The molecule has 0 aliphatic heterocycles. The van der Waals surface area contributed by atoms with Crippen molar-refractivity contribution in [3.63, 3.8) is 0 Å². The van der Waals surface area contributed by atoms with Crippen molar-refractivity contribution in [3.8, 4) is 0 Å². The molecule has 4 aliphatic rings. The Morgan fingerprint density at radius 3 is 2.57 bits per heavy atom. The van der Waals surface area contributed by atoms with Gasteiger partial charge in [-0.15, -0.1) is 0 Å². The summed E-state index contributed by atoms with van der Waals surface area (Å²) in [6, 6.07) is 0. The molecule has 4 aliphatic carbocycles. The van der Waals surface area contributed by atoms with E-state index in [9.17, 15) is 0 Å². The lowest BCUT2D eigenvalue weighted by Crippen LogP contribution is -2.53. The maximum atomic E-state index is 4.17. The molecule has 0 N–H and O–H groups in total. The van der Waals surface area contributed by atoms with Crippen molar-refractivity contribution in [2.24, 2.45) is 46.3 Å². The van der Waals surface area contributed by atoms with Gasteiger partial charge in [-0.3, -0.25) is 0 Å². The molecule has 0 heterocycles. The molecule has 4 rings (SSSR count). The number of alkyl halides is 1. The zero-order chi connectivity index (χ0) is 20.1. The summed E-state index contributed by atoms with van der Waals surface area (Å²) < 4.78 is 0. The summed E-state index contributed by atoms with van der Waals surface area (Å²) in [5.41, 5.74) is 2.89. The molecule has 0 radical (unpaired) electrons. The fourth-order valence-corrected chi connectivity index (χ4v) is 9.66. The van der Waals surface area contributed by atoms with Crippen LogP contribution in [0.5, 0.6) is 0 Å². The average Bonchev–Trinajstić information content (AvgIpc) is 3.00. The summed E-state index contributed by atoms with van der Waals surface area (Å²) in [5.74, 6) is 5.65. The molecule has 1 heteroatoms. The van der Waals surface area contributed by atoms with Crippen LogP contribution in [0.3, 0.4) is 0 Å². The zero-order valence-electron chi connectivity index (χ0n) is 19.3. The Kier molecular flexibility index (Phi) is 6.17. The van der Waals surface area contributed by atoms with Crippen molar-refractivity contribution in [1.82, 2.24) is 0 Å². The fourth-order valence-electron chi connectivity index (χ4n) is 8.70. The van der Waals surface area contributed by atoms with E-state index in [1.54, 1.807) is 0 Å². The highest BCUT2D eigenvalue weighted by molar-refractivity contribution is 9.09. The Balaban J connectivity index is 1.51. The van der Waals surface area contributed by atoms with Crippen LogP contribution in [0.2, 0.25) is 0 Å². The van der Waals surface area contributed by atoms with Gasteiger partial charge in [-0.2, -0.15) is 0 Å². The van der Waals surface area contributed by atoms with E-state index in [1.165, 1.54) is 70.6 Å². The second-order valence-corrected chi connectivity index (χ2v) is 13.1. The normalized spacial score (nSPS) is 46.5. The van der Waals surface area contributed by atoms with Crippen LogP contribution in [-0.4, -0.2) is 4.83 Å². The van der Waals surface area contributed by atoms with Gasteiger partial charge in [-0.1, -0.05) is 81.5 Å². The molecule has 0 bridgehead atoms. The first kappa shape index (κ1) is 21.5. The Labute approximate surface area is 183 Å². The van der Waals surface area contributed by atoms with E-state index in [-0.39, 0.29) is 0 Å². The van der Waals surface area contributed by atoms with E-state index in [2.05, 4.69) is 56.6 Å². The van der Waals surface area contributed by atoms with Crippen molar-refractivity contribution in [3.05, 3.63) is 11.6 Å². The fraction of sp³-hybridized carbons (Fsp3) is 0.926. The molecular formula is C27H45Br. The summed E-state index contributed by atoms with van der Waals surface area (Å²) in [7, 11) is 0. The number of hydrogen-bond acceptors (Lipinski definition) is 0. The molecule has 0 saturated heterocycles. The van der Waals surface area contributed by atoms with E-state index >= 15 is 0 Å². The minimum absolute atomic E-state index is 0.448. The SMILES string of the molecule is CC(C)CCC[C@@H](C)[C@H]1CC[C@H]2[C@@H]3CC=C4CCCC(Br)[C@]4(C)[C@H]3CC[C@]12C. The highest BCUT2D eigenvalue weighted by Gasteiger charge is 2.60. The van der Waals surface area contributed by atoms with Crippen molar-refractivity contribution in [2.45, 2.75) is 110 Å². The van der Waals surface area contributed by atoms with Gasteiger partial charge in [-0.25, -0.2) is 0 Å². The largest absolute Gasteiger partial charge is 0.0881 e. The molecule has 1 unspecified atom stereocenters. The summed E-state index contributed by atoms with van der Waals surface area (Å²) in [6.07, 6.45) is 18.6. The first-order valence-corrected chi connectivity index (χ1v) is 13.5. The van der Waals surface area contributed by atoms with Gasteiger partial charge < -0.3 is 0 Å². The Morgan fingerprint density at radius 1 is 1.04 bits per heavy atom. The second-order valence-electron chi connectivity index (χ2n) is 12.0. The quantitative estimate of drug-likeness (QED) is 0.291. The molecular weight excluding hydrogens is 404 g/mol. The highest BCUT2D eigenvalue weighted by Crippen LogP contribution is 2.67. The third-order valence-electron chi connectivity index (χ3n) is 10.3. The van der Waals surface area contributed by atoms with E-state index in [4.69, 9.17) is 0 Å². The first-order valence-electron chi connectivity index (χ1n) is 12.6. The third kappa shape index (κ3) is 3.38. The predicted molar refractivity (Wildman–Crippen MR) is 126 cm³/mol. The number of rotatable bonds is 5. The molecule has 160 valence electrons. The molecule has 8 atom stereocenters. The summed E-state index contributed by atoms with van der Waals surface area (Å²) >= 11 is 4.17. The van der Waals surface area contributed by atoms with Gasteiger partial charge in [0.25, 0.3) is 0 Å². The molecule has 0 aromatic heterocycles. The van der Waals surface area contributed by atoms with Crippen molar-refractivity contribution < 1.29 is 0 Å². The second kappa shape index (κ2) is 8.05. The van der Waals surface area contributed by atoms with Crippen LogP contribution in [0.4, 0.5) is 0 Å². The van der Waals surface area contributed by atoms with Gasteiger partial charge in [0.1, 0.15) is 0 Å². The van der Waals surface area contributed by atoms with Gasteiger partial charge in [0, 0.05) is 10.2 Å². The smallest absolute Gasteiger partial charge is 0.0239 e. The maximum absolute atomic E-state index is 4.17. The lowest BCUT2D eigenvalue weighted by molar-refractivity contribution is -0.0476. The topological polar surface area (TPSA) is 0 Å². The summed E-state index contributed by atoms with van der Waals surface area (Å²) in [6.45, 7) is 12.7. The van der Waals surface area contributed by atoms with Gasteiger partial charge in [0.15, 0.2) is 0 Å². The van der Waals surface area contributed by atoms with Crippen molar-refractivity contribution in [1.29, 1.82) is 0 Å². The van der Waals surface area contributed by atoms with E-state index in [0.29, 0.717) is 15.7 Å². The molecule has 0 nitrogen and oxygen atoms in total. The van der Waals surface area contributed by atoms with Crippen LogP contribution in [0.15, 0.2) is 11.6 Å². The summed E-state index contributed by atoms with van der Waals surface area (Å²) in [5, 5.41) is 0. The van der Waals surface area contributed by atoms with Gasteiger partial charge in [-0.05, 0) is 92.3 Å². The average molecular weight is 450 g/mol. The van der Waals surface area contributed by atoms with Crippen LogP contribution in [0.1, 0.15) is 105 Å². The minimum Gasteiger partial charge on any atom is -0.0881 e. The third-order valence-corrected chi connectivity index (χ3v) is 11.7. The maximum Gasteiger partial charge on any atom is 0.0239 e. The van der Waals surface area contributed by atoms with E-state index < -0.39 is 0 Å². The van der Waals surface area contributed by atoms with Crippen LogP contribution in [0, 0.1) is 46.3 Å². The lowest BCUT2D eigenvalue weighted by atomic mass is 9.47. The number of halogens is 1. The molecule has 28 heavy (non-hydrogen) atoms. The van der Waals surface area contributed by atoms with E-state index in [0.717, 1.165) is 35.5 Å². The molecule has 3 fully saturated rings. The number of hydrogen-bond donors (Lipinski definition) is 0. The molecule has 0 aromatic rings. The van der Waals surface area contributed by atoms with Gasteiger partial charge in [0.2, 0.25) is 0 Å². The molecule has 3 saturated carbocycles. The highest BCUT2D eigenvalue weighted by atomic mass is 79.9. The molecule has 0 aromatic carbocycles. The Bertz CT molecular complexity index is 591. The van der Waals surface area contributed by atoms with Crippen LogP contribution in [0.25, 0.3) is 0 Å². The van der Waals surface area contributed by atoms with Crippen molar-refractivity contribution >= 4 is 15.9 Å². The van der Waals surface area contributed by atoms with Gasteiger partial charge >= 0.3 is 0 Å².